The molecule has 1 saturated heterocycles. The Morgan fingerprint density at radius 3 is 2.44 bits per heavy atom. The van der Waals surface area contributed by atoms with Gasteiger partial charge in [0.2, 0.25) is 10.0 Å². The molecular weight excluding hydrogens is 360 g/mol. The van der Waals surface area contributed by atoms with Gasteiger partial charge in [-0.15, -0.1) is 0 Å². The molecule has 7 heteroatoms. The van der Waals surface area contributed by atoms with Crippen LogP contribution in [0.3, 0.4) is 0 Å². The summed E-state index contributed by atoms with van der Waals surface area (Å²) < 4.78 is 27.3. The van der Waals surface area contributed by atoms with E-state index >= 15 is 0 Å². The van der Waals surface area contributed by atoms with Crippen molar-refractivity contribution in [1.82, 2.24) is 9.62 Å². The molecule has 1 N–H and O–H groups in total. The van der Waals surface area contributed by atoms with E-state index in [0.29, 0.717) is 25.6 Å². The molecule has 1 amide bonds. The van der Waals surface area contributed by atoms with Crippen LogP contribution in [-0.2, 0) is 10.0 Å². The zero-order valence-electron chi connectivity index (χ0n) is 14.9. The predicted molar refractivity (Wildman–Crippen MR) is 100 cm³/mol. The maximum absolute atomic E-state index is 12.9. The molecule has 1 heterocycles. The Kier molecular flexibility index (Phi) is 7.28. The molecule has 1 aliphatic heterocycles. The van der Waals surface area contributed by atoms with Gasteiger partial charge in [-0.25, -0.2) is 8.42 Å². The van der Waals surface area contributed by atoms with Gasteiger partial charge in [0.05, 0.1) is 15.5 Å². The predicted octanol–water partition coefficient (Wildman–Crippen LogP) is 3.68. The van der Waals surface area contributed by atoms with Gasteiger partial charge in [-0.1, -0.05) is 38.3 Å². The molecule has 25 heavy (non-hydrogen) atoms. The molecule has 1 aromatic rings. The Balaban J connectivity index is 2.20. The third kappa shape index (κ3) is 5.43. The molecule has 0 aromatic heterocycles. The molecule has 0 atom stereocenters. The van der Waals surface area contributed by atoms with E-state index in [4.69, 9.17) is 11.6 Å². The molecule has 0 radical (unpaired) electrons. The fourth-order valence-electron chi connectivity index (χ4n) is 2.84. The van der Waals surface area contributed by atoms with Gasteiger partial charge < -0.3 is 5.32 Å². The van der Waals surface area contributed by atoms with E-state index in [9.17, 15) is 13.2 Å². The standard InChI is InChI=1S/C18H27ClN2O3S/c1-14(2)9-10-20-18(22)16-13-15(7-8-17(16)19)25(23,24)21-11-5-3-4-6-12-21/h7-8,13-14H,3-6,9-12H2,1-2H3,(H,20,22). The highest BCUT2D eigenvalue weighted by atomic mass is 35.5. The Bertz CT molecular complexity index is 696. The van der Waals surface area contributed by atoms with E-state index in [1.54, 1.807) is 0 Å². The topological polar surface area (TPSA) is 66.5 Å². The first-order valence-electron chi connectivity index (χ1n) is 8.90. The van der Waals surface area contributed by atoms with Gasteiger partial charge in [-0.3, -0.25) is 4.79 Å². The van der Waals surface area contributed by atoms with Crippen LogP contribution in [0, 0.1) is 5.92 Å². The first-order valence-corrected chi connectivity index (χ1v) is 10.7. The second-order valence-electron chi connectivity index (χ2n) is 6.90. The van der Waals surface area contributed by atoms with E-state index in [1.807, 2.05) is 0 Å². The van der Waals surface area contributed by atoms with Gasteiger partial charge in [0.25, 0.3) is 5.91 Å². The first-order chi connectivity index (χ1) is 11.8. The summed E-state index contributed by atoms with van der Waals surface area (Å²) in [6.45, 7) is 5.75. The summed E-state index contributed by atoms with van der Waals surface area (Å²) in [4.78, 5) is 12.5. The van der Waals surface area contributed by atoms with E-state index in [2.05, 4.69) is 19.2 Å². The fourth-order valence-corrected chi connectivity index (χ4v) is 4.59. The summed E-state index contributed by atoms with van der Waals surface area (Å²) in [6.07, 6.45) is 4.70. The van der Waals surface area contributed by atoms with Crippen LogP contribution in [0.2, 0.25) is 5.02 Å². The van der Waals surface area contributed by atoms with Crippen LogP contribution in [0.5, 0.6) is 0 Å². The highest BCUT2D eigenvalue weighted by Gasteiger charge is 2.26. The number of halogens is 1. The van der Waals surface area contributed by atoms with Crippen LogP contribution < -0.4 is 5.32 Å². The minimum absolute atomic E-state index is 0.132. The second-order valence-corrected chi connectivity index (χ2v) is 9.24. The van der Waals surface area contributed by atoms with Crippen molar-refractivity contribution in [2.45, 2.75) is 50.8 Å². The van der Waals surface area contributed by atoms with E-state index < -0.39 is 10.0 Å². The van der Waals surface area contributed by atoms with Crippen molar-refractivity contribution in [3.63, 3.8) is 0 Å². The summed E-state index contributed by atoms with van der Waals surface area (Å²) in [7, 11) is -3.60. The molecule has 5 nitrogen and oxygen atoms in total. The molecule has 140 valence electrons. The molecule has 1 aliphatic rings. The second kappa shape index (κ2) is 9.01. The van der Waals surface area contributed by atoms with Crippen LogP contribution >= 0.6 is 11.6 Å². The average Bonchev–Trinajstić information content (AvgIpc) is 2.84. The number of carbonyl (C=O) groups excluding carboxylic acids is 1. The molecule has 0 unspecified atom stereocenters. The van der Waals surface area contributed by atoms with Crippen molar-refractivity contribution in [3.05, 3.63) is 28.8 Å². The molecule has 0 aliphatic carbocycles. The summed E-state index contributed by atoms with van der Waals surface area (Å²) in [5.41, 5.74) is 0.210. The van der Waals surface area contributed by atoms with E-state index in [1.165, 1.54) is 22.5 Å². The van der Waals surface area contributed by atoms with Crippen molar-refractivity contribution in [3.8, 4) is 0 Å². The Labute approximate surface area is 155 Å². The monoisotopic (exact) mass is 386 g/mol. The maximum Gasteiger partial charge on any atom is 0.252 e. The van der Waals surface area contributed by atoms with Gasteiger partial charge in [0.1, 0.15) is 0 Å². The van der Waals surface area contributed by atoms with Crippen LogP contribution in [0.25, 0.3) is 0 Å². The number of amides is 1. The number of benzene rings is 1. The normalized spacial score (nSPS) is 16.6. The lowest BCUT2D eigenvalue weighted by Crippen LogP contribution is -2.32. The number of sulfonamides is 1. The first kappa shape index (κ1) is 20.2. The highest BCUT2D eigenvalue weighted by Crippen LogP contribution is 2.25. The maximum atomic E-state index is 12.9. The lowest BCUT2D eigenvalue weighted by atomic mass is 10.1. The summed E-state index contributed by atoms with van der Waals surface area (Å²) in [6, 6.07) is 4.37. The largest absolute Gasteiger partial charge is 0.352 e. The van der Waals surface area contributed by atoms with Gasteiger partial charge in [-0.2, -0.15) is 4.31 Å². The fraction of sp³-hybridized carbons (Fsp3) is 0.611. The van der Waals surface area contributed by atoms with Crippen LogP contribution in [-0.4, -0.2) is 38.3 Å². The quantitative estimate of drug-likeness (QED) is 0.810. The van der Waals surface area contributed by atoms with Crippen molar-refractivity contribution >= 4 is 27.5 Å². The van der Waals surface area contributed by atoms with Gasteiger partial charge in [-0.05, 0) is 43.4 Å². The van der Waals surface area contributed by atoms with Crippen molar-refractivity contribution in [1.29, 1.82) is 0 Å². The molecular formula is C18H27ClN2O3S. The zero-order valence-corrected chi connectivity index (χ0v) is 16.5. The lowest BCUT2D eigenvalue weighted by molar-refractivity contribution is 0.0952. The van der Waals surface area contributed by atoms with Gasteiger partial charge in [0.15, 0.2) is 0 Å². The Morgan fingerprint density at radius 1 is 1.20 bits per heavy atom. The molecule has 1 fully saturated rings. The van der Waals surface area contributed by atoms with Gasteiger partial charge in [0, 0.05) is 19.6 Å². The Hall–Kier alpha value is -1.11. The van der Waals surface area contributed by atoms with E-state index in [-0.39, 0.29) is 21.4 Å². The Morgan fingerprint density at radius 2 is 1.84 bits per heavy atom. The highest BCUT2D eigenvalue weighted by molar-refractivity contribution is 7.89. The smallest absolute Gasteiger partial charge is 0.252 e. The van der Waals surface area contributed by atoms with Gasteiger partial charge >= 0.3 is 0 Å². The van der Waals surface area contributed by atoms with Crippen molar-refractivity contribution in [2.75, 3.05) is 19.6 Å². The number of nitrogens with one attached hydrogen (secondary N) is 1. The number of hydrogen-bond acceptors (Lipinski definition) is 3. The number of hydrogen-bond donors (Lipinski definition) is 1. The van der Waals surface area contributed by atoms with Crippen LogP contribution in [0.15, 0.2) is 23.1 Å². The third-order valence-corrected chi connectivity index (χ3v) is 6.62. The lowest BCUT2D eigenvalue weighted by Gasteiger charge is -2.20. The number of nitrogens with zero attached hydrogens (tertiary/aromatic N) is 1. The summed E-state index contributed by atoms with van der Waals surface area (Å²) in [5, 5.41) is 3.07. The summed E-state index contributed by atoms with van der Waals surface area (Å²) in [5.74, 6) is 0.143. The molecule has 0 spiro atoms. The number of rotatable bonds is 6. The van der Waals surface area contributed by atoms with Crippen molar-refractivity contribution in [2.24, 2.45) is 5.92 Å². The molecule has 1 aromatic carbocycles. The van der Waals surface area contributed by atoms with Crippen LogP contribution in [0.1, 0.15) is 56.3 Å². The van der Waals surface area contributed by atoms with Crippen molar-refractivity contribution < 1.29 is 13.2 Å². The molecule has 0 saturated carbocycles. The summed E-state index contributed by atoms with van der Waals surface area (Å²) >= 11 is 6.13. The third-order valence-electron chi connectivity index (χ3n) is 4.39. The molecule has 0 bridgehead atoms. The SMILES string of the molecule is CC(C)CCNC(=O)c1cc(S(=O)(=O)N2CCCCCC2)ccc1Cl. The number of carbonyl (C=O) groups is 1. The average molecular weight is 387 g/mol. The minimum atomic E-state index is -3.60. The van der Waals surface area contributed by atoms with E-state index in [0.717, 1.165) is 32.1 Å². The molecule has 2 rings (SSSR count). The van der Waals surface area contributed by atoms with Crippen LogP contribution in [0.4, 0.5) is 0 Å². The zero-order chi connectivity index (χ0) is 18.4. The minimum Gasteiger partial charge on any atom is -0.352 e.